The van der Waals surface area contributed by atoms with Crippen LogP contribution >= 0.6 is 0 Å². The number of aromatic nitrogens is 1. The zero-order valence-corrected chi connectivity index (χ0v) is 16.7. The normalized spacial score (nSPS) is 13.4. The summed E-state index contributed by atoms with van der Waals surface area (Å²) in [5.41, 5.74) is 5.18. The number of anilines is 1. The first-order chi connectivity index (χ1) is 13.3. The molecule has 0 saturated heterocycles. The summed E-state index contributed by atoms with van der Waals surface area (Å²) in [5.74, 6) is 0.188. The van der Waals surface area contributed by atoms with Crippen molar-refractivity contribution in [1.29, 1.82) is 0 Å². The molecule has 1 aromatic carbocycles. The van der Waals surface area contributed by atoms with Crippen molar-refractivity contribution in [3.05, 3.63) is 35.5 Å². The van der Waals surface area contributed by atoms with Gasteiger partial charge in [-0.25, -0.2) is 0 Å². The van der Waals surface area contributed by atoms with Gasteiger partial charge in [0.05, 0.1) is 5.52 Å². The highest BCUT2D eigenvalue weighted by molar-refractivity contribution is 5.93. The molecule has 3 rings (SSSR count). The molecule has 0 fully saturated rings. The van der Waals surface area contributed by atoms with Gasteiger partial charge in [-0.15, -0.1) is 0 Å². The van der Waals surface area contributed by atoms with Crippen LogP contribution in [0, 0.1) is 0 Å². The number of carbonyl (C=O) groups is 1. The minimum Gasteiger partial charge on any atom is -0.384 e. The van der Waals surface area contributed by atoms with E-state index in [1.165, 1.54) is 48.0 Å². The van der Waals surface area contributed by atoms with Crippen LogP contribution in [0.1, 0.15) is 69.5 Å². The smallest absolute Gasteiger partial charge is 0.219 e. The molecule has 4 nitrogen and oxygen atoms in total. The van der Waals surface area contributed by atoms with Gasteiger partial charge in [-0.05, 0) is 56.6 Å². The Kier molecular flexibility index (Phi) is 7.49. The number of hydrogen-bond acceptors (Lipinski definition) is 3. The standard InChI is InChI=1S/C23H33N3O/c1-2-11-22(27)24-16-9-3-4-10-17-25-23-18-12-5-7-14-20(18)26-21-15-8-6-13-19(21)23/h5,7,12,14H,2-4,6,8-11,13,15-17H2,1H3,(H,24,27)(H,25,26). The lowest BCUT2D eigenvalue weighted by Gasteiger charge is -2.21. The third kappa shape index (κ3) is 5.44. The summed E-state index contributed by atoms with van der Waals surface area (Å²) in [5, 5.41) is 7.99. The quantitative estimate of drug-likeness (QED) is 0.581. The van der Waals surface area contributed by atoms with Crippen LogP contribution in [0.2, 0.25) is 0 Å². The van der Waals surface area contributed by atoms with Crippen LogP contribution in [0.15, 0.2) is 24.3 Å². The van der Waals surface area contributed by atoms with E-state index in [2.05, 4.69) is 34.9 Å². The van der Waals surface area contributed by atoms with Gasteiger partial charge >= 0.3 is 0 Å². The minimum absolute atomic E-state index is 0.188. The monoisotopic (exact) mass is 367 g/mol. The number of pyridine rings is 1. The molecule has 0 aliphatic heterocycles. The molecule has 1 heterocycles. The maximum absolute atomic E-state index is 11.4. The lowest BCUT2D eigenvalue weighted by Crippen LogP contribution is -2.23. The fourth-order valence-electron chi connectivity index (χ4n) is 3.93. The number of unbranched alkanes of at least 4 members (excludes halogenated alkanes) is 3. The van der Waals surface area contributed by atoms with E-state index < -0.39 is 0 Å². The van der Waals surface area contributed by atoms with Crippen LogP contribution in [0.25, 0.3) is 10.9 Å². The second-order valence-corrected chi connectivity index (χ2v) is 7.58. The van der Waals surface area contributed by atoms with Gasteiger partial charge < -0.3 is 10.6 Å². The van der Waals surface area contributed by atoms with Crippen LogP contribution < -0.4 is 10.6 Å². The number of fused-ring (bicyclic) bond motifs is 2. The lowest BCUT2D eigenvalue weighted by molar-refractivity contribution is -0.121. The topological polar surface area (TPSA) is 54.0 Å². The van der Waals surface area contributed by atoms with Gasteiger partial charge in [0.15, 0.2) is 0 Å². The van der Waals surface area contributed by atoms with Crippen LogP contribution in [0.4, 0.5) is 5.69 Å². The van der Waals surface area contributed by atoms with E-state index in [1.54, 1.807) is 0 Å². The van der Waals surface area contributed by atoms with Crippen molar-refractivity contribution in [3.63, 3.8) is 0 Å². The van der Waals surface area contributed by atoms with Crippen LogP contribution in [0.3, 0.4) is 0 Å². The number of rotatable bonds is 10. The molecular weight excluding hydrogens is 334 g/mol. The minimum atomic E-state index is 0.188. The number of para-hydroxylation sites is 1. The number of nitrogens with one attached hydrogen (secondary N) is 2. The van der Waals surface area contributed by atoms with Crippen molar-refractivity contribution in [2.24, 2.45) is 0 Å². The Bertz CT molecular complexity index is 757. The van der Waals surface area contributed by atoms with E-state index in [-0.39, 0.29) is 5.91 Å². The Balaban J connectivity index is 1.47. The molecule has 1 amide bonds. The molecule has 1 aromatic heterocycles. The molecule has 2 N–H and O–H groups in total. The Morgan fingerprint density at radius 3 is 2.67 bits per heavy atom. The van der Waals surface area contributed by atoms with Crippen molar-refractivity contribution in [2.45, 2.75) is 71.1 Å². The van der Waals surface area contributed by atoms with E-state index >= 15 is 0 Å². The van der Waals surface area contributed by atoms with E-state index in [4.69, 9.17) is 4.98 Å². The van der Waals surface area contributed by atoms with Gasteiger partial charge in [0.2, 0.25) is 5.91 Å². The molecule has 146 valence electrons. The SMILES string of the molecule is CCCC(=O)NCCCCCCNc1c2c(nc3ccccc13)CCCC2. The summed E-state index contributed by atoms with van der Waals surface area (Å²) in [6.07, 6.45) is 10.9. The maximum atomic E-state index is 11.4. The molecular formula is C23H33N3O. The van der Waals surface area contributed by atoms with E-state index in [0.717, 1.165) is 50.7 Å². The summed E-state index contributed by atoms with van der Waals surface area (Å²) >= 11 is 0. The molecule has 0 atom stereocenters. The Labute approximate surface area is 163 Å². The van der Waals surface area contributed by atoms with Crippen LogP contribution in [-0.4, -0.2) is 24.0 Å². The van der Waals surface area contributed by atoms with Gasteiger partial charge in [-0.2, -0.15) is 0 Å². The summed E-state index contributed by atoms with van der Waals surface area (Å²) in [7, 11) is 0. The average molecular weight is 368 g/mol. The zero-order chi connectivity index (χ0) is 18.9. The molecule has 0 radical (unpaired) electrons. The first-order valence-electron chi connectivity index (χ1n) is 10.7. The molecule has 0 unspecified atom stereocenters. The number of aryl methyl sites for hydroxylation is 1. The Morgan fingerprint density at radius 1 is 1.04 bits per heavy atom. The Morgan fingerprint density at radius 2 is 1.81 bits per heavy atom. The molecule has 1 aliphatic rings. The zero-order valence-electron chi connectivity index (χ0n) is 16.7. The van der Waals surface area contributed by atoms with Gasteiger partial charge in [-0.3, -0.25) is 9.78 Å². The van der Waals surface area contributed by atoms with Crippen molar-refractivity contribution in [1.82, 2.24) is 10.3 Å². The van der Waals surface area contributed by atoms with Crippen molar-refractivity contribution >= 4 is 22.5 Å². The second-order valence-electron chi connectivity index (χ2n) is 7.58. The first-order valence-corrected chi connectivity index (χ1v) is 10.7. The first kappa shape index (κ1) is 19.7. The van der Waals surface area contributed by atoms with E-state index in [9.17, 15) is 4.79 Å². The highest BCUT2D eigenvalue weighted by atomic mass is 16.1. The van der Waals surface area contributed by atoms with Gasteiger partial charge in [0.1, 0.15) is 0 Å². The highest BCUT2D eigenvalue weighted by Gasteiger charge is 2.17. The largest absolute Gasteiger partial charge is 0.384 e. The Hall–Kier alpha value is -2.10. The molecule has 4 heteroatoms. The molecule has 27 heavy (non-hydrogen) atoms. The average Bonchev–Trinajstić information content (AvgIpc) is 2.69. The summed E-state index contributed by atoms with van der Waals surface area (Å²) < 4.78 is 0. The highest BCUT2D eigenvalue weighted by Crippen LogP contribution is 2.33. The van der Waals surface area contributed by atoms with Gasteiger partial charge in [0.25, 0.3) is 0 Å². The summed E-state index contributed by atoms with van der Waals surface area (Å²) in [6, 6.07) is 8.51. The number of hydrogen-bond donors (Lipinski definition) is 2. The third-order valence-electron chi connectivity index (χ3n) is 5.37. The number of nitrogens with zero attached hydrogens (tertiary/aromatic N) is 1. The second kappa shape index (κ2) is 10.3. The predicted octanol–water partition coefficient (Wildman–Crippen LogP) is 5.00. The van der Waals surface area contributed by atoms with E-state index in [0.29, 0.717) is 6.42 Å². The summed E-state index contributed by atoms with van der Waals surface area (Å²) in [4.78, 5) is 16.3. The van der Waals surface area contributed by atoms with E-state index in [1.807, 2.05) is 6.92 Å². The number of benzene rings is 1. The lowest BCUT2D eigenvalue weighted by atomic mass is 9.92. The summed E-state index contributed by atoms with van der Waals surface area (Å²) in [6.45, 7) is 3.85. The number of amides is 1. The molecule has 0 spiro atoms. The van der Waals surface area contributed by atoms with Crippen molar-refractivity contribution in [2.75, 3.05) is 18.4 Å². The predicted molar refractivity (Wildman–Crippen MR) is 113 cm³/mol. The fraction of sp³-hybridized carbons (Fsp3) is 0.565. The fourth-order valence-corrected chi connectivity index (χ4v) is 3.93. The van der Waals surface area contributed by atoms with Crippen LogP contribution in [0.5, 0.6) is 0 Å². The molecule has 0 bridgehead atoms. The molecule has 0 saturated carbocycles. The van der Waals surface area contributed by atoms with Crippen molar-refractivity contribution < 1.29 is 4.79 Å². The van der Waals surface area contributed by atoms with Gasteiger partial charge in [0, 0.05) is 36.3 Å². The van der Waals surface area contributed by atoms with Gasteiger partial charge in [-0.1, -0.05) is 38.0 Å². The van der Waals surface area contributed by atoms with Crippen molar-refractivity contribution in [3.8, 4) is 0 Å². The third-order valence-corrected chi connectivity index (χ3v) is 5.37. The maximum Gasteiger partial charge on any atom is 0.219 e. The molecule has 2 aromatic rings. The van der Waals surface area contributed by atoms with Crippen LogP contribution in [-0.2, 0) is 17.6 Å². The molecule has 1 aliphatic carbocycles. The number of carbonyl (C=O) groups excluding carboxylic acids is 1.